The molecule has 2 N–H and O–H groups in total. The molecule has 1 amide bonds. The normalized spacial score (nSPS) is 12.9. The second kappa shape index (κ2) is 8.09. The fourth-order valence-corrected chi connectivity index (χ4v) is 1.80. The van der Waals surface area contributed by atoms with Gasteiger partial charge in [-0.15, -0.1) is 0 Å². The first-order valence-corrected chi connectivity index (χ1v) is 8.01. The zero-order valence-electron chi connectivity index (χ0n) is 15.6. The summed E-state index contributed by atoms with van der Waals surface area (Å²) in [6, 6.07) is 6.13. The van der Waals surface area contributed by atoms with E-state index in [2.05, 4.69) is 5.32 Å². The zero-order chi connectivity index (χ0) is 19.3. The van der Waals surface area contributed by atoms with Crippen LogP contribution < -0.4 is 5.32 Å². The van der Waals surface area contributed by atoms with E-state index in [0.29, 0.717) is 5.56 Å². The number of carbonyl (C=O) groups excluding carboxylic acids is 2. The molecular weight excluding hydrogens is 326 g/mol. The van der Waals surface area contributed by atoms with Crippen LogP contribution in [0.1, 0.15) is 53.2 Å². The van der Waals surface area contributed by atoms with Gasteiger partial charge in [0, 0.05) is 0 Å². The molecule has 0 aliphatic carbocycles. The lowest BCUT2D eigenvalue weighted by Crippen LogP contribution is -2.36. The summed E-state index contributed by atoms with van der Waals surface area (Å²) in [7, 11) is 0. The predicted molar refractivity (Wildman–Crippen MR) is 92.4 cm³/mol. The quantitative estimate of drug-likeness (QED) is 0.797. The van der Waals surface area contributed by atoms with E-state index in [9.17, 15) is 14.7 Å². The van der Waals surface area contributed by atoms with Crippen molar-refractivity contribution >= 4 is 12.2 Å². The summed E-state index contributed by atoms with van der Waals surface area (Å²) in [5.41, 5.74) is -0.737. The third kappa shape index (κ3) is 8.83. The van der Waals surface area contributed by atoms with E-state index in [1.54, 1.807) is 53.7 Å². The third-order valence-electron chi connectivity index (χ3n) is 2.72. The number of carbonyl (C=O) groups is 2. The van der Waals surface area contributed by atoms with Crippen molar-refractivity contribution < 1.29 is 28.9 Å². The number of phenols is 1. The van der Waals surface area contributed by atoms with Gasteiger partial charge in [-0.25, -0.2) is 9.59 Å². The van der Waals surface area contributed by atoms with E-state index >= 15 is 0 Å². The Morgan fingerprint density at radius 3 is 2.00 bits per heavy atom. The van der Waals surface area contributed by atoms with Crippen LogP contribution in [-0.2, 0) is 14.2 Å². The van der Waals surface area contributed by atoms with Crippen molar-refractivity contribution in [2.45, 2.75) is 58.8 Å². The molecule has 1 aromatic carbocycles. The van der Waals surface area contributed by atoms with E-state index in [1.807, 2.05) is 0 Å². The lowest BCUT2D eigenvalue weighted by Gasteiger charge is -2.24. The number of nitrogens with one attached hydrogen (secondary N) is 1. The van der Waals surface area contributed by atoms with Crippen LogP contribution in [0.2, 0.25) is 0 Å². The maximum Gasteiger partial charge on any atom is 0.509 e. The molecule has 0 saturated carbocycles. The number of hydrogen-bond donors (Lipinski definition) is 2. The van der Waals surface area contributed by atoms with Crippen molar-refractivity contribution in [2.24, 2.45) is 0 Å². The van der Waals surface area contributed by atoms with Crippen molar-refractivity contribution in [2.75, 3.05) is 6.54 Å². The second-order valence-electron chi connectivity index (χ2n) is 7.55. The first kappa shape index (κ1) is 20.6. The number of ether oxygens (including phenoxy) is 3. The van der Waals surface area contributed by atoms with Crippen molar-refractivity contribution in [3.05, 3.63) is 29.8 Å². The smallest absolute Gasteiger partial charge is 0.508 e. The zero-order valence-corrected chi connectivity index (χ0v) is 15.6. The minimum Gasteiger partial charge on any atom is -0.508 e. The number of alkyl carbamates (subject to hydrolysis) is 1. The van der Waals surface area contributed by atoms with Gasteiger partial charge in [-0.3, -0.25) is 0 Å². The molecule has 0 saturated heterocycles. The van der Waals surface area contributed by atoms with Gasteiger partial charge < -0.3 is 24.6 Å². The molecule has 0 fully saturated rings. The fraction of sp³-hybridized carbons (Fsp3) is 0.556. The minimum atomic E-state index is -0.850. The topological polar surface area (TPSA) is 94.1 Å². The number of amides is 1. The van der Waals surface area contributed by atoms with E-state index in [0.717, 1.165) is 0 Å². The number of phenolic OH excluding ortho intramolecular Hbond substituents is 1. The summed E-state index contributed by atoms with van der Waals surface area (Å²) in [4.78, 5) is 23.8. The highest BCUT2D eigenvalue weighted by Gasteiger charge is 2.24. The Morgan fingerprint density at radius 1 is 1.00 bits per heavy atom. The van der Waals surface area contributed by atoms with E-state index in [1.165, 1.54) is 12.1 Å². The molecule has 1 rings (SSSR count). The molecule has 0 aliphatic heterocycles. The highest BCUT2D eigenvalue weighted by molar-refractivity contribution is 5.68. The second-order valence-corrected chi connectivity index (χ2v) is 7.55. The summed E-state index contributed by atoms with van der Waals surface area (Å²) in [5.74, 6) is 0.0832. The Morgan fingerprint density at radius 2 is 1.52 bits per heavy atom. The number of hydrogen-bond acceptors (Lipinski definition) is 6. The molecular formula is C18H27NO6. The van der Waals surface area contributed by atoms with Crippen LogP contribution in [0.3, 0.4) is 0 Å². The molecule has 0 aromatic heterocycles. The fourth-order valence-electron chi connectivity index (χ4n) is 1.80. The van der Waals surface area contributed by atoms with Crippen LogP contribution >= 0.6 is 0 Å². The van der Waals surface area contributed by atoms with Gasteiger partial charge in [0.25, 0.3) is 0 Å². The van der Waals surface area contributed by atoms with Crippen LogP contribution in [-0.4, -0.2) is 35.1 Å². The van der Waals surface area contributed by atoms with Gasteiger partial charge in [0.15, 0.2) is 0 Å². The summed E-state index contributed by atoms with van der Waals surface area (Å²) < 4.78 is 15.6. The average Bonchev–Trinajstić information content (AvgIpc) is 2.40. The molecule has 0 aliphatic rings. The Balaban J connectivity index is 2.79. The molecule has 25 heavy (non-hydrogen) atoms. The number of aromatic hydroxyl groups is 1. The summed E-state index contributed by atoms with van der Waals surface area (Å²) in [6.07, 6.45) is -2.26. The van der Waals surface area contributed by atoms with Crippen LogP contribution in [0.5, 0.6) is 5.75 Å². The molecule has 1 atom stereocenters. The molecule has 0 spiro atoms. The molecule has 7 heteroatoms. The van der Waals surface area contributed by atoms with Crippen molar-refractivity contribution in [3.63, 3.8) is 0 Å². The highest BCUT2D eigenvalue weighted by Crippen LogP contribution is 2.22. The SMILES string of the molecule is CC(C)(C)OC(=O)NC[C@@H](OC(=O)OC(C)(C)C)c1ccc(O)cc1. The minimum absolute atomic E-state index is 0.00106. The Labute approximate surface area is 148 Å². The molecule has 140 valence electrons. The Kier molecular flexibility index (Phi) is 6.67. The monoisotopic (exact) mass is 353 g/mol. The van der Waals surface area contributed by atoms with Gasteiger partial charge in [-0.2, -0.15) is 0 Å². The lowest BCUT2D eigenvalue weighted by molar-refractivity contribution is -0.0281. The van der Waals surface area contributed by atoms with Crippen molar-refractivity contribution in [1.82, 2.24) is 5.32 Å². The predicted octanol–water partition coefficient (Wildman–Crippen LogP) is 3.91. The first-order valence-electron chi connectivity index (χ1n) is 8.01. The average molecular weight is 353 g/mol. The maximum absolute atomic E-state index is 11.9. The van der Waals surface area contributed by atoms with Crippen LogP contribution in [0.25, 0.3) is 0 Å². The molecule has 7 nitrogen and oxygen atoms in total. The van der Waals surface area contributed by atoms with Crippen LogP contribution in [0, 0.1) is 0 Å². The Hall–Kier alpha value is -2.44. The van der Waals surface area contributed by atoms with Gasteiger partial charge in [0.2, 0.25) is 0 Å². The molecule has 0 unspecified atom stereocenters. The lowest BCUT2D eigenvalue weighted by atomic mass is 10.1. The maximum atomic E-state index is 11.9. The van der Waals surface area contributed by atoms with E-state index in [-0.39, 0.29) is 12.3 Å². The van der Waals surface area contributed by atoms with Gasteiger partial charge in [0.05, 0.1) is 6.54 Å². The van der Waals surface area contributed by atoms with Crippen LogP contribution in [0.15, 0.2) is 24.3 Å². The Bertz CT molecular complexity index is 583. The summed E-state index contributed by atoms with van der Waals surface area (Å²) in [6.45, 7) is 10.4. The van der Waals surface area contributed by atoms with Gasteiger partial charge in [0.1, 0.15) is 23.1 Å². The van der Waals surface area contributed by atoms with E-state index in [4.69, 9.17) is 14.2 Å². The molecule has 1 aromatic rings. The van der Waals surface area contributed by atoms with Crippen LogP contribution in [0.4, 0.5) is 9.59 Å². The first-order chi connectivity index (χ1) is 11.4. The standard InChI is InChI=1S/C18H27NO6/c1-17(2,3)24-15(21)19-11-14(12-7-9-13(20)10-8-12)23-16(22)25-18(4,5)6/h7-10,14,20H,11H2,1-6H3,(H,19,21)/t14-/m1/s1. The third-order valence-corrected chi connectivity index (χ3v) is 2.72. The number of rotatable bonds is 4. The molecule has 0 radical (unpaired) electrons. The molecule has 0 heterocycles. The van der Waals surface area contributed by atoms with E-state index < -0.39 is 29.6 Å². The highest BCUT2D eigenvalue weighted by atomic mass is 16.7. The van der Waals surface area contributed by atoms with Crippen molar-refractivity contribution in [1.29, 1.82) is 0 Å². The van der Waals surface area contributed by atoms with Gasteiger partial charge >= 0.3 is 12.2 Å². The number of benzene rings is 1. The summed E-state index contributed by atoms with van der Waals surface area (Å²) >= 11 is 0. The van der Waals surface area contributed by atoms with Gasteiger partial charge in [-0.05, 0) is 59.2 Å². The largest absolute Gasteiger partial charge is 0.509 e. The van der Waals surface area contributed by atoms with Crippen molar-refractivity contribution in [3.8, 4) is 5.75 Å². The summed E-state index contributed by atoms with van der Waals surface area (Å²) in [5, 5.41) is 12.0. The van der Waals surface area contributed by atoms with Gasteiger partial charge in [-0.1, -0.05) is 12.1 Å². The molecule has 0 bridgehead atoms.